The van der Waals surface area contributed by atoms with Gasteiger partial charge in [0.15, 0.2) is 5.76 Å². The van der Waals surface area contributed by atoms with Crippen LogP contribution >= 0.6 is 0 Å². The van der Waals surface area contributed by atoms with Gasteiger partial charge in [-0.25, -0.2) is 4.79 Å². The minimum absolute atomic E-state index is 0.193. The molecule has 0 bridgehead atoms. The summed E-state index contributed by atoms with van der Waals surface area (Å²) in [5, 5.41) is 5.53. The zero-order valence-electron chi connectivity index (χ0n) is 16.7. The number of anilines is 2. The summed E-state index contributed by atoms with van der Waals surface area (Å²) in [6.45, 7) is 5.85. The molecule has 0 radical (unpaired) electrons. The topological polar surface area (TPSA) is 101 Å². The zero-order chi connectivity index (χ0) is 21.0. The first-order valence-electron chi connectivity index (χ1n) is 9.48. The highest BCUT2D eigenvalue weighted by Gasteiger charge is 2.36. The van der Waals surface area contributed by atoms with Gasteiger partial charge in [-0.05, 0) is 63.9 Å². The van der Waals surface area contributed by atoms with E-state index in [1.54, 1.807) is 57.2 Å². The molecular formula is C21H25N3O5. The van der Waals surface area contributed by atoms with Gasteiger partial charge in [0.1, 0.15) is 11.6 Å². The van der Waals surface area contributed by atoms with Gasteiger partial charge < -0.3 is 19.8 Å². The average molecular weight is 399 g/mol. The molecule has 0 saturated carbocycles. The standard InChI is InChI=1S/C21H25N3O5/c1-21(2,3)29-20(27)24-11-5-9-16(24)18(25)22-14-7-4-8-15(13-14)23-19(26)17-10-6-12-28-17/h4,6-8,10,12-13,16H,5,9,11H2,1-3H3,(H,22,25)(H,23,26)/t16-/m1/s1. The Morgan fingerprint density at radius 1 is 1.10 bits per heavy atom. The third kappa shape index (κ3) is 5.37. The van der Waals surface area contributed by atoms with E-state index in [9.17, 15) is 14.4 Å². The van der Waals surface area contributed by atoms with Gasteiger partial charge in [-0.3, -0.25) is 14.5 Å². The van der Waals surface area contributed by atoms with E-state index < -0.39 is 17.7 Å². The van der Waals surface area contributed by atoms with Gasteiger partial charge in [0, 0.05) is 17.9 Å². The van der Waals surface area contributed by atoms with Crippen molar-refractivity contribution in [2.45, 2.75) is 45.3 Å². The fourth-order valence-electron chi connectivity index (χ4n) is 3.08. The fourth-order valence-corrected chi connectivity index (χ4v) is 3.08. The van der Waals surface area contributed by atoms with Crippen LogP contribution in [0.15, 0.2) is 47.1 Å². The van der Waals surface area contributed by atoms with Gasteiger partial charge >= 0.3 is 6.09 Å². The Morgan fingerprint density at radius 2 is 1.83 bits per heavy atom. The Balaban J connectivity index is 1.64. The van der Waals surface area contributed by atoms with Gasteiger partial charge in [0.25, 0.3) is 5.91 Å². The van der Waals surface area contributed by atoms with Crippen LogP contribution in [-0.2, 0) is 9.53 Å². The van der Waals surface area contributed by atoms with Gasteiger partial charge in [-0.1, -0.05) is 6.07 Å². The molecule has 2 heterocycles. The second kappa shape index (κ2) is 8.38. The van der Waals surface area contributed by atoms with Crippen LogP contribution < -0.4 is 10.6 Å². The van der Waals surface area contributed by atoms with Crippen LogP contribution in [0.4, 0.5) is 16.2 Å². The maximum Gasteiger partial charge on any atom is 0.410 e. The predicted molar refractivity (Wildman–Crippen MR) is 108 cm³/mol. The van der Waals surface area contributed by atoms with E-state index in [0.29, 0.717) is 24.3 Å². The number of nitrogens with zero attached hydrogens (tertiary/aromatic N) is 1. The summed E-state index contributed by atoms with van der Waals surface area (Å²) in [7, 11) is 0. The summed E-state index contributed by atoms with van der Waals surface area (Å²) in [4.78, 5) is 38.7. The van der Waals surface area contributed by atoms with Gasteiger partial charge in [-0.15, -0.1) is 0 Å². The molecule has 154 valence electrons. The molecule has 1 aliphatic heterocycles. The van der Waals surface area contributed by atoms with E-state index in [4.69, 9.17) is 9.15 Å². The normalized spacial score (nSPS) is 16.4. The summed E-state index contributed by atoms with van der Waals surface area (Å²) in [5.74, 6) is -0.480. The number of nitrogens with one attached hydrogen (secondary N) is 2. The number of carbonyl (C=O) groups excluding carboxylic acids is 3. The quantitative estimate of drug-likeness (QED) is 0.813. The molecule has 3 amide bonds. The van der Waals surface area contributed by atoms with Crippen molar-refractivity contribution in [1.82, 2.24) is 4.90 Å². The first kappa shape index (κ1) is 20.4. The first-order valence-corrected chi connectivity index (χ1v) is 9.48. The highest BCUT2D eigenvalue weighted by atomic mass is 16.6. The lowest BCUT2D eigenvalue weighted by atomic mass is 10.2. The number of hydrogen-bond donors (Lipinski definition) is 2. The van der Waals surface area contributed by atoms with Gasteiger partial charge in [-0.2, -0.15) is 0 Å². The SMILES string of the molecule is CC(C)(C)OC(=O)N1CCC[C@@H]1C(=O)Nc1cccc(NC(=O)c2ccco2)c1. The molecule has 1 saturated heterocycles. The summed E-state index contributed by atoms with van der Waals surface area (Å²) in [6, 6.07) is 9.38. The summed E-state index contributed by atoms with van der Waals surface area (Å²) in [5.41, 5.74) is 0.407. The molecule has 1 aromatic carbocycles. The van der Waals surface area contributed by atoms with Crippen LogP contribution in [0.5, 0.6) is 0 Å². The highest BCUT2D eigenvalue weighted by molar-refractivity contribution is 6.03. The maximum absolute atomic E-state index is 12.8. The molecule has 0 unspecified atom stereocenters. The number of rotatable bonds is 4. The predicted octanol–water partition coefficient (Wildman–Crippen LogP) is 3.87. The molecule has 3 rings (SSSR count). The number of furan rings is 1. The lowest BCUT2D eigenvalue weighted by molar-refractivity contribution is -0.120. The van der Waals surface area contributed by atoms with E-state index >= 15 is 0 Å². The number of carbonyl (C=O) groups is 3. The second-order valence-electron chi connectivity index (χ2n) is 7.83. The second-order valence-corrected chi connectivity index (χ2v) is 7.83. The summed E-state index contributed by atoms with van der Waals surface area (Å²) < 4.78 is 10.5. The van der Waals surface area contributed by atoms with E-state index in [2.05, 4.69) is 10.6 Å². The Hall–Kier alpha value is -3.29. The molecular weight excluding hydrogens is 374 g/mol. The van der Waals surface area contributed by atoms with Crippen molar-refractivity contribution in [3.63, 3.8) is 0 Å². The Kier molecular flexibility index (Phi) is 5.91. The minimum atomic E-state index is -0.624. The molecule has 2 N–H and O–H groups in total. The lowest BCUT2D eigenvalue weighted by Crippen LogP contribution is -2.45. The molecule has 29 heavy (non-hydrogen) atoms. The Labute approximate surface area is 169 Å². The Morgan fingerprint density at radius 3 is 2.48 bits per heavy atom. The Bertz CT molecular complexity index is 886. The number of ether oxygens (including phenoxy) is 1. The number of benzene rings is 1. The molecule has 8 heteroatoms. The monoisotopic (exact) mass is 399 g/mol. The van der Waals surface area contributed by atoms with Crippen molar-refractivity contribution in [3.8, 4) is 0 Å². The van der Waals surface area contributed by atoms with E-state index in [-0.39, 0.29) is 17.6 Å². The fraction of sp³-hybridized carbons (Fsp3) is 0.381. The maximum atomic E-state index is 12.8. The van der Waals surface area contributed by atoms with Crippen LogP contribution in [0, 0.1) is 0 Å². The van der Waals surface area contributed by atoms with Crippen LogP contribution in [0.1, 0.15) is 44.2 Å². The third-order valence-electron chi connectivity index (χ3n) is 4.32. The minimum Gasteiger partial charge on any atom is -0.459 e. The molecule has 8 nitrogen and oxygen atoms in total. The van der Waals surface area contributed by atoms with Gasteiger partial charge in [0.05, 0.1) is 6.26 Å². The van der Waals surface area contributed by atoms with Gasteiger partial charge in [0.2, 0.25) is 5.91 Å². The number of amides is 3. The summed E-state index contributed by atoms with van der Waals surface area (Å²) >= 11 is 0. The zero-order valence-corrected chi connectivity index (χ0v) is 16.7. The van der Waals surface area contributed by atoms with Crippen molar-refractivity contribution in [2.24, 2.45) is 0 Å². The summed E-state index contributed by atoms with van der Waals surface area (Å²) in [6.07, 6.45) is 2.23. The van der Waals surface area contributed by atoms with Crippen molar-refractivity contribution < 1.29 is 23.5 Å². The molecule has 1 aromatic heterocycles. The number of hydrogen-bond acceptors (Lipinski definition) is 5. The molecule has 1 aliphatic rings. The van der Waals surface area contributed by atoms with Crippen LogP contribution in [0.3, 0.4) is 0 Å². The van der Waals surface area contributed by atoms with Crippen molar-refractivity contribution in [3.05, 3.63) is 48.4 Å². The molecule has 1 atom stereocenters. The van der Waals surface area contributed by atoms with Crippen LogP contribution in [-0.4, -0.2) is 41.0 Å². The molecule has 0 spiro atoms. The van der Waals surface area contributed by atoms with E-state index in [0.717, 1.165) is 6.42 Å². The molecule has 2 aromatic rings. The van der Waals surface area contributed by atoms with Crippen LogP contribution in [0.25, 0.3) is 0 Å². The smallest absolute Gasteiger partial charge is 0.410 e. The van der Waals surface area contributed by atoms with Crippen molar-refractivity contribution in [2.75, 3.05) is 17.2 Å². The molecule has 0 aliphatic carbocycles. The van der Waals surface area contributed by atoms with Crippen molar-refractivity contribution in [1.29, 1.82) is 0 Å². The average Bonchev–Trinajstić information content (AvgIpc) is 3.32. The largest absolute Gasteiger partial charge is 0.459 e. The van der Waals surface area contributed by atoms with Crippen molar-refractivity contribution >= 4 is 29.3 Å². The number of likely N-dealkylation sites (tertiary alicyclic amines) is 1. The lowest BCUT2D eigenvalue weighted by Gasteiger charge is -2.28. The first-order chi connectivity index (χ1) is 13.7. The van der Waals surface area contributed by atoms with E-state index in [1.165, 1.54) is 11.2 Å². The molecule has 1 fully saturated rings. The third-order valence-corrected chi connectivity index (χ3v) is 4.32. The highest BCUT2D eigenvalue weighted by Crippen LogP contribution is 2.23. The van der Waals surface area contributed by atoms with Crippen LogP contribution in [0.2, 0.25) is 0 Å². The van der Waals surface area contributed by atoms with E-state index in [1.807, 2.05) is 0 Å².